The van der Waals surface area contributed by atoms with Gasteiger partial charge in [-0.2, -0.15) is 13.2 Å². The Morgan fingerprint density at radius 1 is 1.27 bits per heavy atom. The van der Waals surface area contributed by atoms with Gasteiger partial charge in [-0.3, -0.25) is 4.31 Å². The molecule has 1 unspecified atom stereocenters. The summed E-state index contributed by atoms with van der Waals surface area (Å²) in [6.45, 7) is 1.96. The van der Waals surface area contributed by atoms with Crippen molar-refractivity contribution in [3.8, 4) is 16.3 Å². The molecule has 0 N–H and O–H groups in total. The number of thiophene rings is 1. The number of fused-ring (bicyclic) bond motifs is 1. The van der Waals surface area contributed by atoms with Gasteiger partial charge in [0.1, 0.15) is 21.8 Å². The van der Waals surface area contributed by atoms with Gasteiger partial charge in [-0.1, -0.05) is 23.7 Å². The number of alkyl halides is 3. The lowest BCUT2D eigenvalue weighted by Crippen LogP contribution is -2.43. The Morgan fingerprint density at radius 2 is 2.03 bits per heavy atom. The van der Waals surface area contributed by atoms with Gasteiger partial charge >= 0.3 is 6.18 Å². The number of nitrogens with zero attached hydrogens (tertiary/aromatic N) is 2. The van der Waals surface area contributed by atoms with Gasteiger partial charge in [-0.25, -0.2) is 8.42 Å². The molecule has 0 aliphatic carbocycles. The summed E-state index contributed by atoms with van der Waals surface area (Å²) in [6, 6.07) is 8.18. The van der Waals surface area contributed by atoms with E-state index in [9.17, 15) is 21.6 Å². The quantitative estimate of drug-likeness (QED) is 0.499. The number of sulfonamides is 1. The van der Waals surface area contributed by atoms with E-state index >= 15 is 0 Å². The van der Waals surface area contributed by atoms with Crippen LogP contribution in [0.4, 0.5) is 18.9 Å². The molecule has 1 aliphatic heterocycles. The third-order valence-corrected chi connectivity index (χ3v) is 8.07. The fraction of sp³-hybridized carbons (Fsp3) is 0.278. The van der Waals surface area contributed by atoms with Crippen LogP contribution < -0.4 is 9.04 Å². The normalized spacial score (nSPS) is 17.0. The van der Waals surface area contributed by atoms with E-state index in [0.29, 0.717) is 22.9 Å². The van der Waals surface area contributed by atoms with Crippen molar-refractivity contribution in [2.75, 3.05) is 10.8 Å². The van der Waals surface area contributed by atoms with Gasteiger partial charge in [0.25, 0.3) is 10.0 Å². The number of anilines is 1. The van der Waals surface area contributed by atoms with Crippen LogP contribution in [0, 0.1) is 0 Å². The van der Waals surface area contributed by atoms with E-state index < -0.39 is 22.0 Å². The van der Waals surface area contributed by atoms with Gasteiger partial charge in [0.05, 0.1) is 17.1 Å². The number of rotatable bonds is 4. The van der Waals surface area contributed by atoms with Crippen LogP contribution in [-0.2, 0) is 16.2 Å². The van der Waals surface area contributed by atoms with Crippen LogP contribution in [0.15, 0.2) is 45.1 Å². The number of aromatic nitrogens is 1. The minimum Gasteiger partial charge on any atom is -0.486 e. The van der Waals surface area contributed by atoms with Crippen molar-refractivity contribution in [2.45, 2.75) is 29.8 Å². The minimum atomic E-state index is -4.68. The molecule has 3 aromatic rings. The average molecular weight is 479 g/mol. The molecule has 1 aromatic carbocycles. The standard InChI is InChI=1S/C18H14ClF3N2O4S2/c1-2-11-9-24(13-7-10(19)3-4-14(13)27-11)30(25,26)17-6-5-15(29-17)12-8-16(28-23-12)18(20,21)22/h3-8,11H,2,9H2,1H3. The van der Waals surface area contributed by atoms with Crippen LogP contribution in [-0.4, -0.2) is 26.2 Å². The largest absolute Gasteiger partial charge is 0.486 e. The zero-order chi connectivity index (χ0) is 21.7. The first-order chi connectivity index (χ1) is 14.1. The molecule has 0 radical (unpaired) electrons. The van der Waals surface area contributed by atoms with Crippen LogP contribution >= 0.6 is 22.9 Å². The van der Waals surface area contributed by atoms with Crippen molar-refractivity contribution in [1.82, 2.24) is 5.16 Å². The van der Waals surface area contributed by atoms with Crippen molar-refractivity contribution in [1.29, 1.82) is 0 Å². The topological polar surface area (TPSA) is 72.6 Å². The maximum Gasteiger partial charge on any atom is 0.452 e. The molecular formula is C18H14ClF3N2O4S2. The van der Waals surface area contributed by atoms with E-state index in [4.69, 9.17) is 16.3 Å². The predicted octanol–water partition coefficient (Wildman–Crippen LogP) is 5.44. The van der Waals surface area contributed by atoms with Crippen LogP contribution in [0.3, 0.4) is 0 Å². The predicted molar refractivity (Wildman–Crippen MR) is 106 cm³/mol. The molecule has 6 nitrogen and oxygen atoms in total. The van der Waals surface area contributed by atoms with E-state index in [1.54, 1.807) is 12.1 Å². The average Bonchev–Trinajstić information content (AvgIpc) is 3.36. The Bertz CT molecular complexity index is 1190. The molecule has 3 heterocycles. The Kier molecular flexibility index (Phi) is 5.23. The van der Waals surface area contributed by atoms with Gasteiger partial charge in [0, 0.05) is 11.1 Å². The first-order valence-electron chi connectivity index (χ1n) is 8.72. The number of hydrogen-bond donors (Lipinski definition) is 0. The lowest BCUT2D eigenvalue weighted by molar-refractivity contribution is -0.155. The molecule has 1 atom stereocenters. The lowest BCUT2D eigenvalue weighted by Gasteiger charge is -2.34. The molecule has 12 heteroatoms. The maximum atomic E-state index is 13.3. The van der Waals surface area contributed by atoms with Gasteiger partial charge < -0.3 is 9.26 Å². The highest BCUT2D eigenvalue weighted by Crippen LogP contribution is 2.41. The Labute approximate surface area is 178 Å². The smallest absolute Gasteiger partial charge is 0.452 e. The molecule has 0 bridgehead atoms. The monoisotopic (exact) mass is 478 g/mol. The van der Waals surface area contributed by atoms with Crippen molar-refractivity contribution in [3.05, 3.63) is 47.2 Å². The summed E-state index contributed by atoms with van der Waals surface area (Å²) in [5, 5.41) is 3.75. The van der Waals surface area contributed by atoms with Gasteiger partial charge in [0.15, 0.2) is 0 Å². The second-order valence-electron chi connectivity index (χ2n) is 6.49. The van der Waals surface area contributed by atoms with Crippen LogP contribution in [0.25, 0.3) is 10.6 Å². The van der Waals surface area contributed by atoms with E-state index in [1.807, 2.05) is 6.92 Å². The molecule has 2 aromatic heterocycles. The fourth-order valence-electron chi connectivity index (χ4n) is 2.96. The maximum absolute atomic E-state index is 13.3. The SMILES string of the molecule is CCC1CN(S(=O)(=O)c2ccc(-c3cc(C(F)(F)F)on3)s2)c2cc(Cl)ccc2O1. The molecular weight excluding hydrogens is 465 g/mol. The summed E-state index contributed by atoms with van der Waals surface area (Å²) in [5.74, 6) is -0.859. The first kappa shape index (κ1) is 21.0. The Morgan fingerprint density at radius 3 is 2.70 bits per heavy atom. The fourth-order valence-corrected chi connectivity index (χ4v) is 5.99. The Balaban J connectivity index is 1.71. The number of benzene rings is 1. The van der Waals surface area contributed by atoms with Gasteiger partial charge in [-0.15, -0.1) is 11.3 Å². The van der Waals surface area contributed by atoms with Crippen molar-refractivity contribution < 1.29 is 30.8 Å². The zero-order valence-corrected chi connectivity index (χ0v) is 17.7. The first-order valence-corrected chi connectivity index (χ1v) is 11.4. The van der Waals surface area contributed by atoms with Crippen LogP contribution in [0.5, 0.6) is 5.75 Å². The minimum absolute atomic E-state index is 0.0447. The van der Waals surface area contributed by atoms with Crippen LogP contribution in [0.1, 0.15) is 19.1 Å². The highest BCUT2D eigenvalue weighted by atomic mass is 35.5. The molecule has 0 fully saturated rings. The molecule has 0 spiro atoms. The molecule has 30 heavy (non-hydrogen) atoms. The van der Waals surface area contributed by atoms with E-state index in [2.05, 4.69) is 9.68 Å². The second kappa shape index (κ2) is 7.47. The second-order valence-corrected chi connectivity index (χ2v) is 10.1. The Hall–Kier alpha value is -2.24. The summed E-state index contributed by atoms with van der Waals surface area (Å²) in [7, 11) is -4.01. The number of halogens is 4. The summed E-state index contributed by atoms with van der Waals surface area (Å²) in [4.78, 5) is 0.236. The third kappa shape index (κ3) is 3.77. The third-order valence-electron chi connectivity index (χ3n) is 4.48. The number of ether oxygens (including phenoxy) is 1. The van der Waals surface area contributed by atoms with E-state index in [0.717, 1.165) is 17.4 Å². The lowest BCUT2D eigenvalue weighted by atomic mass is 10.2. The van der Waals surface area contributed by atoms with Crippen molar-refractivity contribution >= 4 is 38.6 Å². The molecule has 0 saturated heterocycles. The highest BCUT2D eigenvalue weighted by molar-refractivity contribution is 7.94. The van der Waals surface area contributed by atoms with Crippen molar-refractivity contribution in [3.63, 3.8) is 0 Å². The highest BCUT2D eigenvalue weighted by Gasteiger charge is 2.37. The molecule has 0 amide bonds. The molecule has 160 valence electrons. The van der Waals surface area contributed by atoms with E-state index in [1.165, 1.54) is 22.5 Å². The molecule has 1 aliphatic rings. The number of hydrogen-bond acceptors (Lipinski definition) is 6. The summed E-state index contributed by atoms with van der Waals surface area (Å²) >= 11 is 6.85. The van der Waals surface area contributed by atoms with E-state index in [-0.39, 0.29) is 27.4 Å². The van der Waals surface area contributed by atoms with Gasteiger partial charge in [0.2, 0.25) is 5.76 Å². The van der Waals surface area contributed by atoms with Crippen LogP contribution in [0.2, 0.25) is 5.02 Å². The summed E-state index contributed by atoms with van der Waals surface area (Å²) < 4.78 is 76.2. The molecule has 4 rings (SSSR count). The summed E-state index contributed by atoms with van der Waals surface area (Å²) in [6.07, 6.45) is -4.44. The zero-order valence-electron chi connectivity index (χ0n) is 15.3. The van der Waals surface area contributed by atoms with Crippen molar-refractivity contribution in [2.24, 2.45) is 0 Å². The van der Waals surface area contributed by atoms with Gasteiger partial charge in [-0.05, 0) is 36.8 Å². The molecule has 0 saturated carbocycles. The summed E-state index contributed by atoms with van der Waals surface area (Å²) in [5.41, 5.74) is 0.216.